The van der Waals surface area contributed by atoms with Gasteiger partial charge in [-0.2, -0.15) is 0 Å². The highest BCUT2D eigenvalue weighted by atomic mass is 16.4. The van der Waals surface area contributed by atoms with E-state index in [4.69, 9.17) is 4.42 Å². The molecule has 1 aromatic rings. The van der Waals surface area contributed by atoms with Gasteiger partial charge in [0.05, 0.1) is 18.8 Å². The van der Waals surface area contributed by atoms with Gasteiger partial charge in [-0.05, 0) is 13.3 Å². The molecule has 126 valence electrons. The molecule has 0 aliphatic carbocycles. The lowest BCUT2D eigenvalue weighted by Gasteiger charge is -2.41. The van der Waals surface area contributed by atoms with E-state index in [1.807, 2.05) is 13.1 Å². The Morgan fingerprint density at radius 3 is 2.68 bits per heavy atom. The molecule has 1 aromatic heterocycles. The summed E-state index contributed by atoms with van der Waals surface area (Å²) in [7, 11) is 0. The van der Waals surface area contributed by atoms with Gasteiger partial charge < -0.3 is 9.52 Å². The summed E-state index contributed by atoms with van der Waals surface area (Å²) >= 11 is 0. The standard InChI is InChI=1S/C17H31N3O2/c1-6-14-11-19(7-8-20(14)10-13(2)21)12-16-18-9-15(22-16)17(3,4)5/h9,13-14,21H,6-8,10-12H2,1-5H3/t13-,14+/m0/s1. The Kier molecular flexibility index (Phi) is 5.64. The predicted octanol–water partition coefficient (Wildman–Crippen LogP) is 2.25. The number of rotatable bonds is 5. The van der Waals surface area contributed by atoms with Gasteiger partial charge in [-0.3, -0.25) is 9.80 Å². The summed E-state index contributed by atoms with van der Waals surface area (Å²) in [6, 6.07) is 0.500. The molecular weight excluding hydrogens is 278 g/mol. The van der Waals surface area contributed by atoms with Gasteiger partial charge in [-0.25, -0.2) is 4.98 Å². The van der Waals surface area contributed by atoms with E-state index in [0.717, 1.165) is 50.8 Å². The van der Waals surface area contributed by atoms with E-state index in [2.05, 4.69) is 42.5 Å². The lowest BCUT2D eigenvalue weighted by Crippen LogP contribution is -2.54. The zero-order chi connectivity index (χ0) is 16.3. The minimum absolute atomic E-state index is 0.00711. The molecular formula is C17H31N3O2. The van der Waals surface area contributed by atoms with Crippen molar-refractivity contribution >= 4 is 0 Å². The summed E-state index contributed by atoms with van der Waals surface area (Å²) in [5.74, 6) is 1.76. The van der Waals surface area contributed by atoms with Crippen LogP contribution in [0.1, 0.15) is 52.7 Å². The van der Waals surface area contributed by atoms with Gasteiger partial charge in [0.15, 0.2) is 0 Å². The van der Waals surface area contributed by atoms with Crippen molar-refractivity contribution in [3.05, 3.63) is 17.8 Å². The fourth-order valence-electron chi connectivity index (χ4n) is 2.99. The monoisotopic (exact) mass is 309 g/mol. The second-order valence-corrected chi connectivity index (χ2v) is 7.51. The number of oxazole rings is 1. The Labute approximate surface area is 134 Å². The normalized spacial score (nSPS) is 22.9. The molecule has 5 heteroatoms. The fraction of sp³-hybridized carbons (Fsp3) is 0.824. The Bertz CT molecular complexity index is 465. The van der Waals surface area contributed by atoms with E-state index in [9.17, 15) is 5.11 Å². The van der Waals surface area contributed by atoms with E-state index in [-0.39, 0.29) is 11.5 Å². The van der Waals surface area contributed by atoms with E-state index in [1.165, 1.54) is 0 Å². The number of aromatic nitrogens is 1. The lowest BCUT2D eigenvalue weighted by molar-refractivity contribution is 0.0307. The van der Waals surface area contributed by atoms with Crippen LogP contribution in [0.25, 0.3) is 0 Å². The molecule has 1 N–H and O–H groups in total. The maximum atomic E-state index is 9.62. The fourth-order valence-corrected chi connectivity index (χ4v) is 2.99. The second-order valence-electron chi connectivity index (χ2n) is 7.51. The van der Waals surface area contributed by atoms with Crippen molar-refractivity contribution in [1.29, 1.82) is 0 Å². The van der Waals surface area contributed by atoms with Crippen molar-refractivity contribution < 1.29 is 9.52 Å². The number of piperazine rings is 1. The van der Waals surface area contributed by atoms with E-state index in [1.54, 1.807) is 0 Å². The van der Waals surface area contributed by atoms with Gasteiger partial charge in [-0.15, -0.1) is 0 Å². The zero-order valence-electron chi connectivity index (χ0n) is 14.7. The molecule has 0 radical (unpaired) electrons. The minimum Gasteiger partial charge on any atom is -0.444 e. The molecule has 1 aliphatic heterocycles. The SMILES string of the molecule is CC[C@@H]1CN(Cc2ncc(C(C)(C)C)o2)CCN1C[C@H](C)O. The van der Waals surface area contributed by atoms with Gasteiger partial charge in [0.1, 0.15) is 5.76 Å². The first-order valence-electron chi connectivity index (χ1n) is 8.39. The van der Waals surface area contributed by atoms with Crippen LogP contribution >= 0.6 is 0 Å². The minimum atomic E-state index is -0.262. The van der Waals surface area contributed by atoms with Gasteiger partial charge in [0.2, 0.25) is 5.89 Å². The van der Waals surface area contributed by atoms with Crippen molar-refractivity contribution in [3.63, 3.8) is 0 Å². The van der Waals surface area contributed by atoms with Crippen LogP contribution in [0.5, 0.6) is 0 Å². The predicted molar refractivity (Wildman–Crippen MR) is 87.8 cm³/mol. The third kappa shape index (κ3) is 4.54. The first kappa shape index (κ1) is 17.4. The number of nitrogens with zero attached hydrogens (tertiary/aromatic N) is 3. The maximum Gasteiger partial charge on any atom is 0.208 e. The van der Waals surface area contributed by atoms with Crippen LogP contribution in [0, 0.1) is 0 Å². The Morgan fingerprint density at radius 2 is 2.14 bits per heavy atom. The molecule has 2 heterocycles. The van der Waals surface area contributed by atoms with Crippen LogP contribution in [-0.4, -0.2) is 58.2 Å². The molecule has 1 saturated heterocycles. The Balaban J connectivity index is 1.93. The Morgan fingerprint density at radius 1 is 1.41 bits per heavy atom. The number of hydrogen-bond acceptors (Lipinski definition) is 5. The van der Waals surface area contributed by atoms with Gasteiger partial charge in [0, 0.05) is 37.6 Å². The first-order chi connectivity index (χ1) is 10.3. The van der Waals surface area contributed by atoms with Crippen LogP contribution in [0.15, 0.2) is 10.6 Å². The van der Waals surface area contributed by atoms with Crippen molar-refractivity contribution in [2.24, 2.45) is 0 Å². The molecule has 0 amide bonds. The topological polar surface area (TPSA) is 52.7 Å². The number of aliphatic hydroxyl groups is 1. The third-order valence-corrected chi connectivity index (χ3v) is 4.31. The lowest BCUT2D eigenvalue weighted by atomic mass is 9.94. The number of aliphatic hydroxyl groups excluding tert-OH is 1. The summed E-state index contributed by atoms with van der Waals surface area (Å²) < 4.78 is 5.90. The molecule has 2 rings (SSSR count). The van der Waals surface area contributed by atoms with Crippen molar-refractivity contribution in [2.75, 3.05) is 26.2 Å². The molecule has 5 nitrogen and oxygen atoms in total. The first-order valence-corrected chi connectivity index (χ1v) is 8.39. The second kappa shape index (κ2) is 7.11. The molecule has 1 fully saturated rings. The summed E-state index contributed by atoms with van der Waals surface area (Å²) in [5.41, 5.74) is 0.00711. The van der Waals surface area contributed by atoms with E-state index in [0.29, 0.717) is 6.04 Å². The van der Waals surface area contributed by atoms with Crippen molar-refractivity contribution in [1.82, 2.24) is 14.8 Å². The van der Waals surface area contributed by atoms with Crippen LogP contribution in [0.2, 0.25) is 0 Å². The summed E-state index contributed by atoms with van der Waals surface area (Å²) in [4.78, 5) is 9.24. The smallest absolute Gasteiger partial charge is 0.208 e. The molecule has 0 aromatic carbocycles. The molecule has 2 atom stereocenters. The molecule has 22 heavy (non-hydrogen) atoms. The molecule has 1 aliphatic rings. The van der Waals surface area contributed by atoms with Gasteiger partial charge in [0.25, 0.3) is 0 Å². The quantitative estimate of drug-likeness (QED) is 0.904. The van der Waals surface area contributed by atoms with Crippen LogP contribution in [0.3, 0.4) is 0 Å². The number of β-amino-alcohol motifs (C(OH)–C–C–N with tert-alkyl or cyclic N) is 1. The summed E-state index contributed by atoms with van der Waals surface area (Å²) in [6.07, 6.45) is 2.69. The Hall–Kier alpha value is -0.910. The maximum absolute atomic E-state index is 9.62. The van der Waals surface area contributed by atoms with Crippen LogP contribution in [0.4, 0.5) is 0 Å². The van der Waals surface area contributed by atoms with Crippen molar-refractivity contribution in [2.45, 2.75) is 65.1 Å². The molecule has 0 saturated carbocycles. The average Bonchev–Trinajstić information content (AvgIpc) is 2.88. The van der Waals surface area contributed by atoms with Crippen LogP contribution < -0.4 is 0 Å². The third-order valence-electron chi connectivity index (χ3n) is 4.31. The van der Waals surface area contributed by atoms with Crippen LogP contribution in [-0.2, 0) is 12.0 Å². The molecule has 0 unspecified atom stereocenters. The average molecular weight is 309 g/mol. The highest BCUT2D eigenvalue weighted by Gasteiger charge is 2.27. The number of hydrogen-bond donors (Lipinski definition) is 1. The zero-order valence-corrected chi connectivity index (χ0v) is 14.7. The highest BCUT2D eigenvalue weighted by molar-refractivity contribution is 5.06. The highest BCUT2D eigenvalue weighted by Crippen LogP contribution is 2.23. The van der Waals surface area contributed by atoms with Gasteiger partial charge in [-0.1, -0.05) is 27.7 Å². The summed E-state index contributed by atoms with van der Waals surface area (Å²) in [6.45, 7) is 15.0. The molecule has 0 bridgehead atoms. The van der Waals surface area contributed by atoms with Gasteiger partial charge >= 0.3 is 0 Å². The van der Waals surface area contributed by atoms with E-state index >= 15 is 0 Å². The summed E-state index contributed by atoms with van der Waals surface area (Å²) in [5, 5.41) is 9.62. The van der Waals surface area contributed by atoms with E-state index < -0.39 is 0 Å². The largest absolute Gasteiger partial charge is 0.444 e. The van der Waals surface area contributed by atoms with Crippen molar-refractivity contribution in [3.8, 4) is 0 Å². The molecule has 0 spiro atoms.